The van der Waals surface area contributed by atoms with Gasteiger partial charge in [-0.05, 0) is 78.5 Å². The van der Waals surface area contributed by atoms with Crippen LogP contribution in [0.2, 0.25) is 0 Å². The van der Waals surface area contributed by atoms with Gasteiger partial charge in [-0.1, -0.05) is 157 Å². The van der Waals surface area contributed by atoms with Crippen molar-refractivity contribution >= 4 is 110 Å². The second-order valence-electron chi connectivity index (χ2n) is 15.3. The number of hydrogen-bond acceptors (Lipinski definition) is 1. The summed E-state index contributed by atoms with van der Waals surface area (Å²) in [5.41, 5.74) is 18.8. The van der Waals surface area contributed by atoms with Crippen molar-refractivity contribution in [1.82, 2.24) is 9.55 Å². The number of fused-ring (bicyclic) bond motifs is 4. The highest BCUT2D eigenvalue weighted by Crippen LogP contribution is 2.44. The molecule has 0 N–H and O–H groups in total. The number of hydrogen-bond donors (Lipinski definition) is 0. The molecular weight excluding hydrogens is 671 g/mol. The third-order valence-electron chi connectivity index (χ3n) is 12.4. The smallest absolute Gasteiger partial charge is 0.145 e. The van der Waals surface area contributed by atoms with Crippen LogP contribution in [0.5, 0.6) is 0 Å². The summed E-state index contributed by atoms with van der Waals surface area (Å²) < 4.78 is 2.32. The van der Waals surface area contributed by atoms with Crippen molar-refractivity contribution in [2.24, 2.45) is 0 Å². The average Bonchev–Trinajstić information content (AvgIpc) is 3.64. The Labute approximate surface area is 332 Å². The second-order valence-corrected chi connectivity index (χ2v) is 15.3. The molecule has 0 saturated carbocycles. The van der Waals surface area contributed by atoms with Gasteiger partial charge in [0.25, 0.3) is 0 Å². The highest BCUT2D eigenvalue weighted by Gasteiger charge is 2.20. The number of benzene rings is 9. The molecule has 9 aromatic carbocycles. The lowest BCUT2D eigenvalue weighted by atomic mass is 9.59. The van der Waals surface area contributed by atoms with Crippen molar-refractivity contribution in [2.75, 3.05) is 0 Å². The van der Waals surface area contributed by atoms with Crippen molar-refractivity contribution in [3.05, 3.63) is 164 Å². The summed E-state index contributed by atoms with van der Waals surface area (Å²) in [5, 5.41) is 7.42. The van der Waals surface area contributed by atoms with E-state index < -0.39 is 0 Å². The van der Waals surface area contributed by atoms with Gasteiger partial charge in [0.15, 0.2) is 0 Å². The summed E-state index contributed by atoms with van der Waals surface area (Å²) >= 11 is 0. The number of imidazole rings is 1. The molecular formula is C49H37B5N2. The normalized spacial score (nSPS) is 11.6. The summed E-state index contributed by atoms with van der Waals surface area (Å²) in [7, 11) is 11.3. The van der Waals surface area contributed by atoms with Crippen molar-refractivity contribution in [3.8, 4) is 50.5 Å². The van der Waals surface area contributed by atoms with E-state index in [-0.39, 0.29) is 0 Å². The number of nitrogens with zero attached hydrogens (tertiary/aromatic N) is 2. The van der Waals surface area contributed by atoms with Gasteiger partial charge in [-0.2, -0.15) is 0 Å². The predicted octanol–water partition coefficient (Wildman–Crippen LogP) is 4.45. The van der Waals surface area contributed by atoms with E-state index in [1.807, 2.05) is 0 Å². The van der Waals surface area contributed by atoms with Gasteiger partial charge in [-0.25, -0.2) is 4.98 Å². The fourth-order valence-electron chi connectivity index (χ4n) is 9.14. The summed E-state index contributed by atoms with van der Waals surface area (Å²) in [4.78, 5) is 5.22. The monoisotopic (exact) mass is 708 g/mol. The molecule has 1 aromatic heterocycles. The zero-order chi connectivity index (χ0) is 38.1. The molecule has 0 saturated heterocycles. The first-order chi connectivity index (χ1) is 27.4. The maximum Gasteiger partial charge on any atom is 0.145 e. The van der Waals surface area contributed by atoms with Gasteiger partial charge in [-0.15, -0.1) is 16.4 Å². The van der Waals surface area contributed by atoms with Crippen LogP contribution >= 0.6 is 0 Å². The van der Waals surface area contributed by atoms with Crippen molar-refractivity contribution in [3.63, 3.8) is 0 Å². The quantitative estimate of drug-likeness (QED) is 0.191. The lowest BCUT2D eigenvalue weighted by Gasteiger charge is -2.21. The van der Waals surface area contributed by atoms with Crippen molar-refractivity contribution in [2.45, 2.75) is 0 Å². The average molecular weight is 708 g/mol. The van der Waals surface area contributed by atoms with Crippen LogP contribution in [0.3, 0.4) is 0 Å². The fourth-order valence-corrected chi connectivity index (χ4v) is 9.14. The van der Waals surface area contributed by atoms with E-state index in [4.69, 9.17) is 4.98 Å². The molecule has 0 aliphatic heterocycles. The molecule has 10 aromatic rings. The molecule has 0 aliphatic rings. The number of aromatic nitrogens is 2. The zero-order valence-electron chi connectivity index (χ0n) is 32.5. The minimum absolute atomic E-state index is 0.934. The highest BCUT2D eigenvalue weighted by atomic mass is 15.1. The molecule has 56 heavy (non-hydrogen) atoms. The summed E-state index contributed by atoms with van der Waals surface area (Å²) in [6.45, 7) is 0. The fraction of sp³-hybridized carbons (Fsp3) is 0. The molecule has 10 rings (SSSR count). The Balaban J connectivity index is 1.12. The maximum absolute atomic E-state index is 5.22. The molecule has 0 unspecified atom stereocenters. The van der Waals surface area contributed by atoms with Crippen LogP contribution in [0, 0.1) is 0 Å². The Morgan fingerprint density at radius 1 is 0.339 bits per heavy atom. The lowest BCUT2D eigenvalue weighted by Crippen LogP contribution is -2.55. The molecule has 258 valence electrons. The number of para-hydroxylation sites is 2. The van der Waals surface area contributed by atoms with Gasteiger partial charge in [-0.3, -0.25) is 4.57 Å². The molecule has 7 heteroatoms. The van der Waals surface area contributed by atoms with Gasteiger partial charge < -0.3 is 0 Å². The SMILES string of the molecule is Bc1c(B)c(B)c(-c2ccc(-c3c4ccccc4c(-c4ccc(-c5nc6ccccc6n5-c5cccc6ccccc56)cc4)c4ccccc34)cc2)c(B)c1B. The first kappa shape index (κ1) is 34.1. The van der Waals surface area contributed by atoms with Gasteiger partial charge >= 0.3 is 0 Å². The molecule has 0 amide bonds. The third kappa shape index (κ3) is 5.29. The predicted molar refractivity (Wildman–Crippen MR) is 256 cm³/mol. The maximum atomic E-state index is 5.22. The molecule has 0 fully saturated rings. The largest absolute Gasteiger partial charge is 0.292 e. The van der Waals surface area contributed by atoms with Crippen LogP contribution in [0.15, 0.2) is 164 Å². The van der Waals surface area contributed by atoms with E-state index >= 15 is 0 Å². The van der Waals surface area contributed by atoms with Crippen molar-refractivity contribution < 1.29 is 0 Å². The Morgan fingerprint density at radius 2 is 0.750 bits per heavy atom. The van der Waals surface area contributed by atoms with Gasteiger partial charge in [0.05, 0.1) is 16.7 Å². The topological polar surface area (TPSA) is 17.8 Å². The van der Waals surface area contributed by atoms with E-state index in [1.54, 1.807) is 0 Å². The summed E-state index contributed by atoms with van der Waals surface area (Å²) in [6, 6.07) is 59.7. The standard InChI is InChI=1S/C49H37B5N2/c50-44-43(45(51)47(53)48(54)46(44)52)31-22-20-29(21-23-31)41-34-13-3-5-15-36(34)42(37-16-6-4-14-35(37)41)30-24-26-32(27-25-30)49-55-38-17-7-8-18-40(38)56(49)39-19-9-11-28-10-1-2-12-33(28)39/h1-27H,50-54H2. The van der Waals surface area contributed by atoms with E-state index in [1.165, 1.54) is 93.0 Å². The molecule has 0 atom stereocenters. The van der Waals surface area contributed by atoms with Crippen molar-refractivity contribution in [1.29, 1.82) is 0 Å². The third-order valence-corrected chi connectivity index (χ3v) is 12.4. The molecule has 0 radical (unpaired) electrons. The molecule has 2 nitrogen and oxygen atoms in total. The molecule has 0 spiro atoms. The Kier molecular flexibility index (Phi) is 8.15. The summed E-state index contributed by atoms with van der Waals surface area (Å²) in [6.07, 6.45) is 0. The van der Waals surface area contributed by atoms with Gasteiger partial charge in [0.2, 0.25) is 0 Å². The lowest BCUT2D eigenvalue weighted by molar-refractivity contribution is 1.11. The van der Waals surface area contributed by atoms with E-state index in [2.05, 4.69) is 208 Å². The van der Waals surface area contributed by atoms with Crippen LogP contribution in [0.4, 0.5) is 0 Å². The van der Waals surface area contributed by atoms with Crippen LogP contribution in [-0.2, 0) is 0 Å². The van der Waals surface area contributed by atoms with E-state index in [0.717, 1.165) is 28.1 Å². The molecule has 0 bridgehead atoms. The van der Waals surface area contributed by atoms with Crippen LogP contribution in [-0.4, -0.2) is 48.8 Å². The molecule has 0 aliphatic carbocycles. The Bertz CT molecular complexity index is 3090. The van der Waals surface area contributed by atoms with E-state index in [9.17, 15) is 0 Å². The van der Waals surface area contributed by atoms with Gasteiger partial charge in [0.1, 0.15) is 45.1 Å². The van der Waals surface area contributed by atoms with Gasteiger partial charge in [0, 0.05) is 10.9 Å². The Morgan fingerprint density at radius 3 is 1.30 bits per heavy atom. The van der Waals surface area contributed by atoms with Crippen LogP contribution < -0.4 is 27.3 Å². The second kappa shape index (κ2) is 13.4. The minimum Gasteiger partial charge on any atom is -0.292 e. The number of rotatable bonds is 5. The van der Waals surface area contributed by atoms with Crippen LogP contribution in [0.1, 0.15) is 0 Å². The first-order valence-electron chi connectivity index (χ1n) is 19.6. The highest BCUT2D eigenvalue weighted by molar-refractivity contribution is 6.68. The van der Waals surface area contributed by atoms with Crippen LogP contribution in [0.25, 0.3) is 93.8 Å². The first-order valence-corrected chi connectivity index (χ1v) is 19.6. The minimum atomic E-state index is 0.934. The Hall–Kier alpha value is -6.45. The summed E-state index contributed by atoms with van der Waals surface area (Å²) in [5.74, 6) is 0.934. The van der Waals surface area contributed by atoms with E-state index in [0.29, 0.717) is 0 Å². The zero-order valence-corrected chi connectivity index (χ0v) is 32.5. The molecule has 1 heterocycles.